The average molecular weight is 372 g/mol. The molecule has 0 unspecified atom stereocenters. The molecule has 0 aromatic heterocycles. The van der Waals surface area contributed by atoms with E-state index in [1.165, 1.54) is 5.69 Å². The van der Waals surface area contributed by atoms with Gasteiger partial charge in [-0.3, -0.25) is 0 Å². The van der Waals surface area contributed by atoms with E-state index in [-0.39, 0.29) is 0 Å². The van der Waals surface area contributed by atoms with Gasteiger partial charge >= 0.3 is 0 Å². The molecule has 0 aliphatic carbocycles. The molecule has 0 saturated carbocycles. The molecule has 148 valence electrons. The van der Waals surface area contributed by atoms with Gasteiger partial charge in [0.25, 0.3) is 0 Å². The summed E-state index contributed by atoms with van der Waals surface area (Å²) >= 11 is 0. The minimum Gasteiger partial charge on any atom is -0.493 e. The minimum absolute atomic E-state index is 0.527. The number of ether oxygens (including phenoxy) is 1. The molecule has 2 aromatic rings. The summed E-state index contributed by atoms with van der Waals surface area (Å²) in [6.07, 6.45) is 0. The second-order valence-corrected chi connectivity index (χ2v) is 6.95. The number of hydrogen-bond acceptors (Lipinski definition) is 5. The molecule has 5 nitrogen and oxygen atoms in total. The monoisotopic (exact) mass is 371 g/mol. The van der Waals surface area contributed by atoms with E-state index in [1.54, 1.807) is 0 Å². The van der Waals surface area contributed by atoms with Gasteiger partial charge in [0.05, 0.1) is 13.2 Å². The lowest BCUT2D eigenvalue weighted by Gasteiger charge is -2.23. The molecule has 0 fully saturated rings. The topological polar surface area (TPSA) is 45.8 Å². The summed E-state index contributed by atoms with van der Waals surface area (Å²) in [5.41, 5.74) is 5.37. The fourth-order valence-corrected chi connectivity index (χ4v) is 2.61. The summed E-state index contributed by atoms with van der Waals surface area (Å²) < 4.78 is 5.70. The van der Waals surface area contributed by atoms with Gasteiger partial charge in [-0.25, -0.2) is 0 Å². The molecule has 0 radical (unpaired) electrons. The van der Waals surface area contributed by atoms with Crippen molar-refractivity contribution in [2.24, 2.45) is 5.92 Å². The molecular formula is C22H33N3O2. The van der Waals surface area contributed by atoms with Gasteiger partial charge in [-0.1, -0.05) is 26.0 Å². The summed E-state index contributed by atoms with van der Waals surface area (Å²) in [6, 6.07) is 16.3. The van der Waals surface area contributed by atoms with Gasteiger partial charge in [-0.15, -0.1) is 0 Å². The van der Waals surface area contributed by atoms with Crippen molar-refractivity contribution < 1.29 is 9.57 Å². The molecule has 2 N–H and O–H groups in total. The molecule has 2 rings (SSSR count). The largest absolute Gasteiger partial charge is 0.493 e. The van der Waals surface area contributed by atoms with Crippen molar-refractivity contribution in [2.75, 3.05) is 38.2 Å². The van der Waals surface area contributed by atoms with E-state index in [9.17, 15) is 0 Å². The first-order valence-electron chi connectivity index (χ1n) is 9.73. The summed E-state index contributed by atoms with van der Waals surface area (Å²) in [7, 11) is 1.97. The first kappa shape index (κ1) is 21.1. The van der Waals surface area contributed by atoms with Gasteiger partial charge in [-0.2, -0.15) is 5.48 Å². The molecule has 0 heterocycles. The van der Waals surface area contributed by atoms with Crippen LogP contribution in [0.1, 0.15) is 26.3 Å². The zero-order valence-electron chi connectivity index (χ0n) is 17.0. The van der Waals surface area contributed by atoms with Crippen molar-refractivity contribution in [2.45, 2.75) is 27.3 Å². The number of nitrogens with zero attached hydrogens (tertiary/aromatic N) is 1. The average Bonchev–Trinajstić information content (AvgIpc) is 2.69. The molecule has 0 saturated heterocycles. The van der Waals surface area contributed by atoms with Crippen molar-refractivity contribution in [1.82, 2.24) is 10.8 Å². The lowest BCUT2D eigenvalue weighted by Crippen LogP contribution is -2.30. The van der Waals surface area contributed by atoms with Gasteiger partial charge in [-0.05, 0) is 61.9 Å². The third kappa shape index (κ3) is 7.49. The highest BCUT2D eigenvalue weighted by Gasteiger charge is 2.04. The van der Waals surface area contributed by atoms with Crippen LogP contribution >= 0.6 is 0 Å². The molecule has 0 aliphatic heterocycles. The van der Waals surface area contributed by atoms with Crippen LogP contribution in [-0.2, 0) is 6.54 Å². The molecule has 2 aromatic carbocycles. The fourth-order valence-electron chi connectivity index (χ4n) is 2.61. The van der Waals surface area contributed by atoms with E-state index in [4.69, 9.17) is 9.57 Å². The maximum Gasteiger partial charge on any atom is 0.147 e. The van der Waals surface area contributed by atoms with Crippen molar-refractivity contribution in [3.63, 3.8) is 0 Å². The van der Waals surface area contributed by atoms with Crippen LogP contribution in [-0.4, -0.2) is 33.3 Å². The summed E-state index contributed by atoms with van der Waals surface area (Å²) in [4.78, 5) is 7.99. The number of rotatable bonds is 12. The SMILES string of the molecule is CCN(CCNC)c1ccc(ONCc2ccc(OCC(C)C)cc2)cc1. The Labute approximate surface area is 163 Å². The standard InChI is InChI=1S/C22H33N3O2/c1-5-25(15-14-23-4)20-8-12-22(13-9-20)27-24-16-19-6-10-21(11-7-19)26-17-18(2)3/h6-13,18,23-24H,5,14-17H2,1-4H3. The number of benzene rings is 2. The van der Waals surface area contributed by atoms with Crippen LogP contribution < -0.4 is 25.3 Å². The van der Waals surface area contributed by atoms with E-state index in [2.05, 4.69) is 60.7 Å². The summed E-state index contributed by atoms with van der Waals surface area (Å²) in [6.45, 7) is 10.8. The Balaban J connectivity index is 1.78. The highest BCUT2D eigenvalue weighted by atomic mass is 16.6. The Morgan fingerprint density at radius 2 is 1.63 bits per heavy atom. The molecular weight excluding hydrogens is 338 g/mol. The van der Waals surface area contributed by atoms with E-state index >= 15 is 0 Å². The minimum atomic E-state index is 0.527. The molecule has 0 spiro atoms. The van der Waals surface area contributed by atoms with E-state index in [0.717, 1.165) is 43.3 Å². The van der Waals surface area contributed by atoms with Gasteiger partial charge in [0.15, 0.2) is 0 Å². The highest BCUT2D eigenvalue weighted by Crippen LogP contribution is 2.19. The second-order valence-electron chi connectivity index (χ2n) is 6.95. The first-order chi connectivity index (χ1) is 13.1. The molecule has 0 atom stereocenters. The van der Waals surface area contributed by atoms with Crippen molar-refractivity contribution >= 4 is 5.69 Å². The molecule has 0 amide bonds. The zero-order valence-corrected chi connectivity index (χ0v) is 17.0. The number of anilines is 1. The zero-order chi connectivity index (χ0) is 19.5. The maximum absolute atomic E-state index is 5.70. The van der Waals surface area contributed by atoms with Crippen LogP contribution in [0.5, 0.6) is 11.5 Å². The number of likely N-dealkylation sites (N-methyl/N-ethyl adjacent to an activating group) is 2. The lowest BCUT2D eigenvalue weighted by atomic mass is 10.2. The van der Waals surface area contributed by atoms with Crippen LogP contribution in [0.4, 0.5) is 5.69 Å². The molecule has 0 bridgehead atoms. The van der Waals surface area contributed by atoms with Crippen LogP contribution in [0.25, 0.3) is 0 Å². The van der Waals surface area contributed by atoms with E-state index < -0.39 is 0 Å². The third-order valence-corrected chi connectivity index (χ3v) is 4.19. The Morgan fingerprint density at radius 3 is 2.22 bits per heavy atom. The molecule has 0 aliphatic rings. The van der Waals surface area contributed by atoms with Crippen LogP contribution in [0.15, 0.2) is 48.5 Å². The second kappa shape index (κ2) is 11.5. The van der Waals surface area contributed by atoms with Gasteiger partial charge in [0, 0.05) is 25.3 Å². The van der Waals surface area contributed by atoms with Crippen molar-refractivity contribution in [3.05, 3.63) is 54.1 Å². The Bertz CT molecular complexity index is 642. The lowest BCUT2D eigenvalue weighted by molar-refractivity contribution is 0.190. The highest BCUT2D eigenvalue weighted by molar-refractivity contribution is 5.49. The quantitative estimate of drug-likeness (QED) is 0.555. The summed E-state index contributed by atoms with van der Waals surface area (Å²) in [5.74, 6) is 2.24. The van der Waals surface area contributed by atoms with Gasteiger partial charge in [0.2, 0.25) is 0 Å². The summed E-state index contributed by atoms with van der Waals surface area (Å²) in [5, 5.41) is 3.19. The Hall–Kier alpha value is -2.24. The third-order valence-electron chi connectivity index (χ3n) is 4.19. The smallest absolute Gasteiger partial charge is 0.147 e. The van der Waals surface area contributed by atoms with Crippen LogP contribution in [0.3, 0.4) is 0 Å². The predicted octanol–water partition coefficient (Wildman–Crippen LogP) is 3.85. The maximum atomic E-state index is 5.70. The Morgan fingerprint density at radius 1 is 0.963 bits per heavy atom. The number of hydrogen-bond donors (Lipinski definition) is 2. The predicted molar refractivity (Wildman–Crippen MR) is 112 cm³/mol. The number of hydroxylamine groups is 1. The van der Waals surface area contributed by atoms with Gasteiger partial charge in [0.1, 0.15) is 11.5 Å². The van der Waals surface area contributed by atoms with Crippen molar-refractivity contribution in [1.29, 1.82) is 0 Å². The van der Waals surface area contributed by atoms with E-state index in [0.29, 0.717) is 12.5 Å². The van der Waals surface area contributed by atoms with Crippen LogP contribution in [0.2, 0.25) is 0 Å². The number of nitrogens with one attached hydrogen (secondary N) is 2. The molecule has 5 heteroatoms. The van der Waals surface area contributed by atoms with Crippen molar-refractivity contribution in [3.8, 4) is 11.5 Å². The fraction of sp³-hybridized carbons (Fsp3) is 0.455. The van der Waals surface area contributed by atoms with E-state index in [1.807, 2.05) is 31.3 Å². The Kier molecular flexibility index (Phi) is 8.95. The first-order valence-corrected chi connectivity index (χ1v) is 9.73. The van der Waals surface area contributed by atoms with Crippen LogP contribution in [0, 0.1) is 5.92 Å². The normalized spacial score (nSPS) is 10.9. The molecule has 27 heavy (non-hydrogen) atoms. The van der Waals surface area contributed by atoms with Gasteiger partial charge < -0.3 is 19.8 Å².